The predicted molar refractivity (Wildman–Crippen MR) is 75.3 cm³/mol. The number of amides is 1. The van der Waals surface area contributed by atoms with Crippen LogP contribution in [0, 0.1) is 12.3 Å². The van der Waals surface area contributed by atoms with Gasteiger partial charge in [-0.3, -0.25) is 9.78 Å². The van der Waals surface area contributed by atoms with E-state index in [1.54, 1.807) is 12.3 Å². The molecule has 1 aromatic rings. The van der Waals surface area contributed by atoms with Gasteiger partial charge in [-0.25, -0.2) is 0 Å². The van der Waals surface area contributed by atoms with Crippen LogP contribution in [-0.4, -0.2) is 15.9 Å². The van der Waals surface area contributed by atoms with Crippen LogP contribution in [0.5, 0.6) is 0 Å². The summed E-state index contributed by atoms with van der Waals surface area (Å²) in [5, 5.41) is 2.90. The van der Waals surface area contributed by atoms with Gasteiger partial charge in [0.25, 0.3) is 0 Å². The van der Waals surface area contributed by atoms with Gasteiger partial charge < -0.3 is 11.1 Å². The number of pyridine rings is 1. The predicted octanol–water partition coefficient (Wildman–Crippen LogP) is 2.18. The summed E-state index contributed by atoms with van der Waals surface area (Å²) in [7, 11) is 0. The van der Waals surface area contributed by atoms with Crippen LogP contribution in [0.3, 0.4) is 0 Å². The van der Waals surface area contributed by atoms with Gasteiger partial charge in [-0.2, -0.15) is 0 Å². The summed E-state index contributed by atoms with van der Waals surface area (Å²) in [4.78, 5) is 16.8. The molecule has 0 aromatic carbocycles. The first-order chi connectivity index (χ1) is 8.54. The van der Waals surface area contributed by atoms with Gasteiger partial charge in [0.15, 0.2) is 0 Å². The van der Waals surface area contributed by atoms with Crippen LogP contribution < -0.4 is 11.1 Å². The fourth-order valence-electron chi connectivity index (χ4n) is 2.44. The fourth-order valence-corrected chi connectivity index (χ4v) is 2.73. The van der Waals surface area contributed by atoms with Gasteiger partial charge >= 0.3 is 0 Å². The highest BCUT2D eigenvalue weighted by Crippen LogP contribution is 2.39. The summed E-state index contributed by atoms with van der Waals surface area (Å²) in [6.07, 6.45) is 5.17. The van der Waals surface area contributed by atoms with Gasteiger partial charge in [0.2, 0.25) is 5.91 Å². The van der Waals surface area contributed by atoms with Crippen LogP contribution in [0.4, 0.5) is 5.69 Å². The number of nitrogens with one attached hydrogen (secondary N) is 1. The number of thiocarbonyl (C=S) groups is 1. The van der Waals surface area contributed by atoms with Crippen LogP contribution in [0.1, 0.15) is 31.4 Å². The number of nitrogens with two attached hydrogens (primary N) is 1. The van der Waals surface area contributed by atoms with E-state index in [2.05, 4.69) is 10.3 Å². The molecule has 1 aliphatic rings. The molecule has 1 saturated carbocycles. The molecule has 0 atom stereocenters. The van der Waals surface area contributed by atoms with E-state index in [-0.39, 0.29) is 5.91 Å². The number of hydrogen-bond donors (Lipinski definition) is 2. The molecule has 1 fully saturated rings. The molecule has 4 nitrogen and oxygen atoms in total. The minimum atomic E-state index is -0.660. The Bertz CT molecular complexity index is 481. The molecule has 1 amide bonds. The zero-order chi connectivity index (χ0) is 13.2. The Hall–Kier alpha value is -1.49. The highest BCUT2D eigenvalue weighted by Gasteiger charge is 2.43. The number of aromatic nitrogens is 1. The summed E-state index contributed by atoms with van der Waals surface area (Å²) in [6, 6.07) is 3.60. The molecule has 0 aliphatic heterocycles. The molecule has 1 aliphatic carbocycles. The van der Waals surface area contributed by atoms with Crippen molar-refractivity contribution in [2.45, 2.75) is 32.6 Å². The molecule has 96 valence electrons. The second-order valence-corrected chi connectivity index (χ2v) is 5.23. The Morgan fingerprint density at radius 3 is 2.72 bits per heavy atom. The Balaban J connectivity index is 2.18. The topological polar surface area (TPSA) is 68.0 Å². The lowest BCUT2D eigenvalue weighted by atomic mass is 9.85. The number of carbonyl (C=O) groups is 1. The lowest BCUT2D eigenvalue weighted by molar-refractivity contribution is -0.122. The van der Waals surface area contributed by atoms with Crippen LogP contribution >= 0.6 is 12.2 Å². The Morgan fingerprint density at radius 1 is 1.50 bits per heavy atom. The normalized spacial score (nSPS) is 17.4. The highest BCUT2D eigenvalue weighted by atomic mass is 32.1. The smallest absolute Gasteiger partial charge is 0.237 e. The maximum absolute atomic E-state index is 12.4. The van der Waals surface area contributed by atoms with Gasteiger partial charge in [0.05, 0.1) is 10.4 Å². The summed E-state index contributed by atoms with van der Waals surface area (Å²) >= 11 is 5.09. The first-order valence-electron chi connectivity index (χ1n) is 6.09. The number of rotatable bonds is 3. The van der Waals surface area contributed by atoms with Crippen molar-refractivity contribution in [3.05, 3.63) is 24.0 Å². The lowest BCUT2D eigenvalue weighted by Crippen LogP contribution is -2.43. The first-order valence-corrected chi connectivity index (χ1v) is 6.49. The molecule has 3 N–H and O–H groups in total. The highest BCUT2D eigenvalue weighted by molar-refractivity contribution is 7.80. The molecular weight excluding hydrogens is 246 g/mol. The van der Waals surface area contributed by atoms with Gasteiger partial charge in [-0.05, 0) is 31.9 Å². The molecule has 0 unspecified atom stereocenters. The molecule has 1 heterocycles. The van der Waals surface area contributed by atoms with Crippen LogP contribution in [0.15, 0.2) is 18.3 Å². The van der Waals surface area contributed by atoms with E-state index in [1.165, 1.54) is 0 Å². The standard InChI is InChI=1S/C13H17N3OS/c1-9-8-10(4-7-15-9)16-12(17)13(11(14)18)5-2-3-6-13/h4,7-8H,2-3,5-6H2,1H3,(H2,14,18)(H,15,16,17). The Morgan fingerprint density at radius 2 is 2.17 bits per heavy atom. The minimum Gasteiger partial charge on any atom is -0.392 e. The fraction of sp³-hybridized carbons (Fsp3) is 0.462. The van der Waals surface area contributed by atoms with E-state index in [1.807, 2.05) is 13.0 Å². The second kappa shape index (κ2) is 5.02. The molecule has 0 saturated heterocycles. The van der Waals surface area contributed by atoms with E-state index in [0.29, 0.717) is 4.99 Å². The van der Waals surface area contributed by atoms with Gasteiger partial charge in [-0.1, -0.05) is 25.1 Å². The maximum Gasteiger partial charge on any atom is 0.237 e. The molecular formula is C13H17N3OS. The minimum absolute atomic E-state index is 0.0851. The number of anilines is 1. The molecule has 0 radical (unpaired) electrons. The second-order valence-electron chi connectivity index (χ2n) is 4.79. The SMILES string of the molecule is Cc1cc(NC(=O)C2(C(N)=S)CCCC2)ccn1. The summed E-state index contributed by atoms with van der Waals surface area (Å²) in [6.45, 7) is 1.88. The third-order valence-electron chi connectivity index (χ3n) is 3.52. The maximum atomic E-state index is 12.4. The van der Waals surface area contributed by atoms with Crippen molar-refractivity contribution < 1.29 is 4.79 Å². The molecule has 0 bridgehead atoms. The van der Waals surface area contributed by atoms with Gasteiger partial charge in [0.1, 0.15) is 0 Å². The van der Waals surface area contributed by atoms with Gasteiger partial charge in [-0.15, -0.1) is 0 Å². The zero-order valence-corrected chi connectivity index (χ0v) is 11.2. The van der Waals surface area contributed by atoms with E-state index in [0.717, 1.165) is 37.1 Å². The van der Waals surface area contributed by atoms with Crippen LogP contribution in [-0.2, 0) is 4.79 Å². The third kappa shape index (κ3) is 2.36. The van der Waals surface area contributed by atoms with Crippen LogP contribution in [0.25, 0.3) is 0 Å². The third-order valence-corrected chi connectivity index (χ3v) is 3.91. The van der Waals surface area contributed by atoms with Crippen molar-refractivity contribution in [2.75, 3.05) is 5.32 Å². The Labute approximate surface area is 112 Å². The number of aryl methyl sites for hydroxylation is 1. The van der Waals surface area contributed by atoms with Crippen molar-refractivity contribution in [1.29, 1.82) is 0 Å². The average Bonchev–Trinajstić information content (AvgIpc) is 2.79. The quantitative estimate of drug-likeness (QED) is 0.820. The van der Waals surface area contributed by atoms with E-state index in [4.69, 9.17) is 18.0 Å². The summed E-state index contributed by atoms with van der Waals surface area (Å²) < 4.78 is 0. The van der Waals surface area contributed by atoms with E-state index < -0.39 is 5.41 Å². The number of hydrogen-bond acceptors (Lipinski definition) is 3. The number of carbonyl (C=O) groups excluding carboxylic acids is 1. The first kappa shape index (κ1) is 13.0. The summed E-state index contributed by atoms with van der Waals surface area (Å²) in [5.74, 6) is -0.0851. The van der Waals surface area contributed by atoms with Crippen molar-refractivity contribution in [1.82, 2.24) is 4.98 Å². The Kier molecular flexibility index (Phi) is 3.61. The van der Waals surface area contributed by atoms with Gasteiger partial charge in [0, 0.05) is 17.6 Å². The van der Waals surface area contributed by atoms with Crippen molar-refractivity contribution in [3.63, 3.8) is 0 Å². The number of nitrogens with zero attached hydrogens (tertiary/aromatic N) is 1. The molecule has 0 spiro atoms. The lowest BCUT2D eigenvalue weighted by Gasteiger charge is -2.26. The largest absolute Gasteiger partial charge is 0.392 e. The molecule has 18 heavy (non-hydrogen) atoms. The van der Waals surface area contributed by atoms with Crippen molar-refractivity contribution >= 4 is 28.8 Å². The van der Waals surface area contributed by atoms with E-state index in [9.17, 15) is 4.79 Å². The van der Waals surface area contributed by atoms with Crippen molar-refractivity contribution in [2.24, 2.45) is 11.1 Å². The summed E-state index contributed by atoms with van der Waals surface area (Å²) in [5.41, 5.74) is 6.73. The average molecular weight is 263 g/mol. The molecule has 2 rings (SSSR count). The zero-order valence-electron chi connectivity index (χ0n) is 10.4. The van der Waals surface area contributed by atoms with Crippen LogP contribution in [0.2, 0.25) is 0 Å². The molecule has 5 heteroatoms. The molecule has 1 aromatic heterocycles. The van der Waals surface area contributed by atoms with Crippen molar-refractivity contribution in [3.8, 4) is 0 Å². The monoisotopic (exact) mass is 263 g/mol. The van der Waals surface area contributed by atoms with E-state index >= 15 is 0 Å².